The molecule has 4 aliphatic heterocycles. The Bertz CT molecular complexity index is 1210. The molecule has 41 heavy (non-hydrogen) atoms. The Balaban J connectivity index is 1.28. The van der Waals surface area contributed by atoms with Gasteiger partial charge in [-0.2, -0.15) is 0 Å². The first-order chi connectivity index (χ1) is 19.7. The number of carbonyl (C=O) groups excluding carboxylic acids is 3. The van der Waals surface area contributed by atoms with Gasteiger partial charge in [0.25, 0.3) is 0 Å². The molecule has 3 saturated heterocycles. The molecular formula is C32H43ClN4O4. The molecule has 4 heterocycles. The summed E-state index contributed by atoms with van der Waals surface area (Å²) in [5.41, 5.74) is -0.540. The molecule has 1 aromatic carbocycles. The number of ether oxygens (including phenoxy) is 1. The summed E-state index contributed by atoms with van der Waals surface area (Å²) in [4.78, 5) is 46.3. The van der Waals surface area contributed by atoms with Gasteiger partial charge in [-0.05, 0) is 68.8 Å². The Kier molecular flexibility index (Phi) is 7.94. The summed E-state index contributed by atoms with van der Waals surface area (Å²) >= 11 is 6.03. The van der Waals surface area contributed by atoms with Crippen molar-refractivity contribution in [3.63, 3.8) is 0 Å². The van der Waals surface area contributed by atoms with E-state index < -0.39 is 29.6 Å². The maximum Gasteiger partial charge on any atom is 0.246 e. The normalized spacial score (nSPS) is 38.2. The zero-order valence-corrected chi connectivity index (χ0v) is 25.1. The minimum Gasteiger partial charge on any atom is -0.359 e. The van der Waals surface area contributed by atoms with E-state index in [9.17, 15) is 14.4 Å². The van der Waals surface area contributed by atoms with E-state index in [1.54, 1.807) is 29.2 Å². The van der Waals surface area contributed by atoms with Gasteiger partial charge in [-0.3, -0.25) is 19.3 Å². The van der Waals surface area contributed by atoms with Crippen molar-refractivity contribution in [1.82, 2.24) is 15.1 Å². The second kappa shape index (κ2) is 11.3. The fourth-order valence-corrected chi connectivity index (χ4v) is 8.17. The lowest BCUT2D eigenvalue weighted by Gasteiger charge is -2.39. The second-order valence-corrected chi connectivity index (χ2v) is 13.4. The predicted molar refractivity (Wildman–Crippen MR) is 158 cm³/mol. The third-order valence-electron chi connectivity index (χ3n) is 10.6. The molecule has 222 valence electrons. The Hall–Kier alpha value is -2.42. The number of hydrogen-bond acceptors (Lipinski definition) is 5. The van der Waals surface area contributed by atoms with Gasteiger partial charge in [-0.1, -0.05) is 56.9 Å². The summed E-state index contributed by atoms with van der Waals surface area (Å²) < 4.78 is 6.53. The van der Waals surface area contributed by atoms with Crippen LogP contribution in [-0.2, 0) is 19.1 Å². The van der Waals surface area contributed by atoms with E-state index in [0.29, 0.717) is 41.7 Å². The van der Waals surface area contributed by atoms with Crippen molar-refractivity contribution >= 4 is 35.0 Å². The number of hydrogen-bond donors (Lipinski definition) is 2. The average molecular weight is 583 g/mol. The van der Waals surface area contributed by atoms with Gasteiger partial charge < -0.3 is 20.3 Å². The number of anilines is 1. The van der Waals surface area contributed by atoms with Crippen molar-refractivity contribution in [1.29, 1.82) is 0 Å². The number of carbonyl (C=O) groups is 3. The lowest BCUT2D eigenvalue weighted by atomic mass is 9.73. The van der Waals surface area contributed by atoms with Crippen molar-refractivity contribution < 1.29 is 19.1 Å². The van der Waals surface area contributed by atoms with Crippen LogP contribution >= 0.6 is 11.6 Å². The van der Waals surface area contributed by atoms with Crippen molar-refractivity contribution in [2.24, 2.45) is 23.7 Å². The molecule has 3 amide bonds. The van der Waals surface area contributed by atoms with E-state index in [1.807, 2.05) is 12.2 Å². The van der Waals surface area contributed by atoms with E-state index in [-0.39, 0.29) is 23.8 Å². The van der Waals surface area contributed by atoms with Crippen molar-refractivity contribution in [2.75, 3.05) is 25.0 Å². The molecule has 2 N–H and O–H groups in total. The highest BCUT2D eigenvalue weighted by Crippen LogP contribution is 2.55. The summed E-state index contributed by atoms with van der Waals surface area (Å²) in [6.07, 6.45) is 9.91. The van der Waals surface area contributed by atoms with Crippen LogP contribution in [0, 0.1) is 23.7 Å². The summed E-state index contributed by atoms with van der Waals surface area (Å²) in [5, 5.41) is 6.88. The second-order valence-electron chi connectivity index (χ2n) is 13.0. The summed E-state index contributed by atoms with van der Waals surface area (Å²) in [5.74, 6) is -1.18. The molecule has 7 unspecified atom stereocenters. The van der Waals surface area contributed by atoms with Crippen LogP contribution in [0.15, 0.2) is 36.4 Å². The predicted octanol–water partition coefficient (Wildman–Crippen LogP) is 4.24. The standard InChI is InChI=1S/C32H43ClN4O4/c1-19-7-6-9-24(21(19)3)35-30(39)28-32-15-14-25(41-32)26(29(38)34-23-12-10-22(33)11-13-23)27(32)31(40)37(28)18-17-36-16-5-4-8-20(36)2/h10-15,19-21,24-28H,4-9,16-18H2,1-3H3,(H,34,38)(H,35,39)/t19?,20?,21?,24?,25-,26?,27-,28?,32?/m0/s1. The molecule has 2 bridgehead atoms. The Morgan fingerprint density at radius 3 is 2.56 bits per heavy atom. The lowest BCUT2D eigenvalue weighted by molar-refractivity contribution is -0.142. The molecule has 1 spiro atoms. The summed E-state index contributed by atoms with van der Waals surface area (Å²) in [6.45, 7) is 8.82. The van der Waals surface area contributed by atoms with Crippen molar-refractivity contribution in [2.45, 2.75) is 89.1 Å². The summed E-state index contributed by atoms with van der Waals surface area (Å²) in [7, 11) is 0. The molecule has 1 aromatic rings. The molecule has 4 fully saturated rings. The highest BCUT2D eigenvalue weighted by Gasteiger charge is 2.72. The number of nitrogens with one attached hydrogen (secondary N) is 2. The molecule has 1 aliphatic carbocycles. The zero-order valence-electron chi connectivity index (χ0n) is 24.4. The fraction of sp³-hybridized carbons (Fsp3) is 0.656. The van der Waals surface area contributed by atoms with Gasteiger partial charge in [0, 0.05) is 35.9 Å². The fourth-order valence-electron chi connectivity index (χ4n) is 8.04. The first kappa shape index (κ1) is 28.7. The van der Waals surface area contributed by atoms with Gasteiger partial charge in [-0.15, -0.1) is 0 Å². The van der Waals surface area contributed by atoms with E-state index in [4.69, 9.17) is 16.3 Å². The topological polar surface area (TPSA) is 91.0 Å². The quantitative estimate of drug-likeness (QED) is 0.469. The Labute approximate surface area is 248 Å². The van der Waals surface area contributed by atoms with Crippen LogP contribution in [0.5, 0.6) is 0 Å². The van der Waals surface area contributed by atoms with Crippen molar-refractivity contribution in [3.8, 4) is 0 Å². The number of likely N-dealkylation sites (tertiary alicyclic amines) is 2. The zero-order chi connectivity index (χ0) is 28.9. The van der Waals surface area contributed by atoms with Gasteiger partial charge in [0.05, 0.1) is 17.9 Å². The van der Waals surface area contributed by atoms with Gasteiger partial charge in [0.2, 0.25) is 17.7 Å². The number of fused-ring (bicyclic) bond motifs is 1. The Morgan fingerprint density at radius 1 is 1.02 bits per heavy atom. The number of benzene rings is 1. The minimum atomic E-state index is -1.15. The molecular weight excluding hydrogens is 540 g/mol. The molecule has 9 atom stereocenters. The highest BCUT2D eigenvalue weighted by molar-refractivity contribution is 6.30. The maximum atomic E-state index is 14.3. The number of rotatable bonds is 7. The van der Waals surface area contributed by atoms with Crippen molar-refractivity contribution in [3.05, 3.63) is 41.4 Å². The number of halogens is 1. The minimum absolute atomic E-state index is 0.0624. The first-order valence-electron chi connectivity index (χ1n) is 15.5. The van der Waals surface area contributed by atoms with E-state index in [2.05, 4.69) is 36.3 Å². The smallest absolute Gasteiger partial charge is 0.246 e. The third-order valence-corrected chi connectivity index (χ3v) is 10.9. The number of piperidine rings is 1. The van der Waals surface area contributed by atoms with Gasteiger partial charge >= 0.3 is 0 Å². The number of amides is 3. The Morgan fingerprint density at radius 2 is 1.80 bits per heavy atom. The summed E-state index contributed by atoms with van der Waals surface area (Å²) in [6, 6.07) is 6.61. The van der Waals surface area contributed by atoms with Crippen LogP contribution in [-0.4, -0.2) is 77.0 Å². The van der Waals surface area contributed by atoms with E-state index in [1.165, 1.54) is 12.8 Å². The van der Waals surface area contributed by atoms with Crippen LogP contribution in [0.1, 0.15) is 59.3 Å². The molecule has 8 nitrogen and oxygen atoms in total. The molecule has 6 rings (SSSR count). The highest BCUT2D eigenvalue weighted by atomic mass is 35.5. The van der Waals surface area contributed by atoms with Crippen LogP contribution in [0.4, 0.5) is 5.69 Å². The maximum absolute atomic E-state index is 14.3. The van der Waals surface area contributed by atoms with E-state index in [0.717, 1.165) is 32.2 Å². The van der Waals surface area contributed by atoms with Crippen LogP contribution in [0.2, 0.25) is 5.02 Å². The molecule has 5 aliphatic rings. The van der Waals surface area contributed by atoms with Crippen LogP contribution in [0.25, 0.3) is 0 Å². The van der Waals surface area contributed by atoms with Gasteiger partial charge in [0.15, 0.2) is 0 Å². The SMILES string of the molecule is CC1CCCC(NC(=O)C2N(CCN3CCCCC3C)C(=O)[C@@H]3C(C(=O)Nc4ccc(Cl)cc4)[C@@H]4C=CC23O4)C1C. The number of nitrogens with zero attached hydrogens (tertiary/aromatic N) is 2. The van der Waals surface area contributed by atoms with Gasteiger partial charge in [-0.25, -0.2) is 0 Å². The molecule has 9 heteroatoms. The lowest BCUT2D eigenvalue weighted by Crippen LogP contribution is -2.58. The third kappa shape index (κ3) is 5.10. The average Bonchev–Trinajstić information content (AvgIpc) is 3.59. The molecule has 1 saturated carbocycles. The monoisotopic (exact) mass is 582 g/mol. The van der Waals surface area contributed by atoms with Crippen LogP contribution in [0.3, 0.4) is 0 Å². The van der Waals surface area contributed by atoms with E-state index >= 15 is 0 Å². The van der Waals surface area contributed by atoms with Crippen LogP contribution < -0.4 is 10.6 Å². The largest absolute Gasteiger partial charge is 0.359 e. The van der Waals surface area contributed by atoms with Gasteiger partial charge in [0.1, 0.15) is 11.6 Å². The first-order valence-corrected chi connectivity index (χ1v) is 15.9. The molecule has 0 aromatic heterocycles. The molecule has 0 radical (unpaired) electrons.